The zero-order valence-electron chi connectivity index (χ0n) is 11.8. The Kier molecular flexibility index (Phi) is 7.25. The lowest BCUT2D eigenvalue weighted by Gasteiger charge is -2.07. The zero-order chi connectivity index (χ0) is 15.7. The molecule has 1 rings (SSSR count). The van der Waals surface area contributed by atoms with Gasteiger partial charge in [-0.2, -0.15) is 0 Å². The van der Waals surface area contributed by atoms with Gasteiger partial charge in [0.2, 0.25) is 11.8 Å². The van der Waals surface area contributed by atoms with Crippen LogP contribution in [0.3, 0.4) is 0 Å². The van der Waals surface area contributed by atoms with Crippen LogP contribution in [0.5, 0.6) is 0 Å². The highest BCUT2D eigenvalue weighted by atomic mass is 31.1. The van der Waals surface area contributed by atoms with Crippen LogP contribution in [0.1, 0.15) is 24.2 Å². The number of nitrogens with one attached hydrogen (secondary N) is 2. The van der Waals surface area contributed by atoms with E-state index in [1.54, 1.807) is 13.1 Å². The smallest absolute Gasteiger partial charge is 0.220 e. The number of rotatable bonds is 8. The molecule has 0 saturated heterocycles. The molecule has 0 aliphatic rings. The molecule has 0 atom stereocenters. The number of aryl methyl sites for hydroxylation is 1. The first-order valence-corrected chi connectivity index (χ1v) is 7.43. The molecule has 0 saturated carbocycles. The van der Waals surface area contributed by atoms with E-state index >= 15 is 0 Å². The molecule has 0 fully saturated rings. The van der Waals surface area contributed by atoms with Crippen molar-refractivity contribution in [3.8, 4) is 0 Å². The number of carbonyl (C=O) groups is 2. The molecule has 1 aromatic heterocycles. The van der Waals surface area contributed by atoms with E-state index in [0.717, 1.165) is 0 Å². The molecule has 0 aliphatic heterocycles. The maximum absolute atomic E-state index is 11.6. The van der Waals surface area contributed by atoms with Crippen LogP contribution < -0.4 is 16.4 Å². The Hall–Kier alpha value is -2.08. The third-order valence-corrected chi connectivity index (χ3v) is 3.01. The van der Waals surface area contributed by atoms with Gasteiger partial charge in [0.25, 0.3) is 0 Å². The highest BCUT2D eigenvalue weighted by Crippen LogP contribution is 2.06. The van der Waals surface area contributed by atoms with Gasteiger partial charge >= 0.3 is 0 Å². The summed E-state index contributed by atoms with van der Waals surface area (Å²) in [5.74, 6) is 0.396. The van der Waals surface area contributed by atoms with Crippen LogP contribution in [0.15, 0.2) is 6.20 Å². The molecule has 8 nitrogen and oxygen atoms in total. The van der Waals surface area contributed by atoms with E-state index in [4.69, 9.17) is 5.73 Å². The van der Waals surface area contributed by atoms with Crippen molar-refractivity contribution >= 4 is 26.1 Å². The molecule has 21 heavy (non-hydrogen) atoms. The third kappa shape index (κ3) is 6.76. The third-order valence-electron chi connectivity index (χ3n) is 2.60. The van der Waals surface area contributed by atoms with Crippen molar-refractivity contribution in [2.75, 3.05) is 18.4 Å². The number of carbonyl (C=O) groups excluding carboxylic acids is 2. The monoisotopic (exact) mass is 311 g/mol. The predicted molar refractivity (Wildman–Crippen MR) is 77.7 cm³/mol. The molecular formula is C12H18N5O3P. The second kappa shape index (κ2) is 8.97. The fraction of sp³-hybridized carbons (Fsp3) is 0.500. The summed E-state index contributed by atoms with van der Waals surface area (Å²) in [5.41, 5.74) is 6.34. The second-order valence-corrected chi connectivity index (χ2v) is 5.01. The molecule has 1 heterocycles. The van der Waals surface area contributed by atoms with Gasteiger partial charge < -0.3 is 16.4 Å². The molecule has 0 aliphatic carbocycles. The number of amides is 2. The molecule has 2 amide bonds. The molecule has 114 valence electrons. The number of hydrogen-bond acceptors (Lipinski definition) is 6. The first-order chi connectivity index (χ1) is 10.0. The van der Waals surface area contributed by atoms with E-state index in [1.807, 2.05) is 0 Å². The number of nitrogens with zero attached hydrogens (tertiary/aromatic N) is 2. The van der Waals surface area contributed by atoms with Gasteiger partial charge in [0, 0.05) is 43.9 Å². The summed E-state index contributed by atoms with van der Waals surface area (Å²) in [6, 6.07) is 0. The van der Waals surface area contributed by atoms with E-state index < -0.39 is 0 Å². The Balaban J connectivity index is 2.27. The van der Waals surface area contributed by atoms with E-state index in [1.165, 1.54) is 0 Å². The molecule has 0 spiro atoms. The fourth-order valence-corrected chi connectivity index (χ4v) is 1.69. The van der Waals surface area contributed by atoms with Crippen LogP contribution in [0.2, 0.25) is 0 Å². The van der Waals surface area contributed by atoms with Gasteiger partial charge in [-0.3, -0.25) is 14.2 Å². The molecular weight excluding hydrogens is 293 g/mol. The quantitative estimate of drug-likeness (QED) is 0.464. The van der Waals surface area contributed by atoms with Gasteiger partial charge in [0.15, 0.2) is 8.46 Å². The molecule has 4 N–H and O–H groups in total. The van der Waals surface area contributed by atoms with Crippen LogP contribution >= 0.6 is 8.46 Å². The van der Waals surface area contributed by atoms with Crippen molar-refractivity contribution in [3.05, 3.63) is 17.6 Å². The molecule has 0 aromatic carbocycles. The number of nitrogen functional groups attached to an aromatic ring is 1. The lowest BCUT2D eigenvalue weighted by molar-refractivity contribution is -0.126. The van der Waals surface area contributed by atoms with Crippen LogP contribution in [-0.2, 0) is 20.7 Å². The Labute approximate surface area is 124 Å². The first kappa shape index (κ1) is 17.0. The Morgan fingerprint density at radius 1 is 1.29 bits per heavy atom. The molecule has 0 bridgehead atoms. The minimum absolute atomic E-state index is 0.0115. The van der Waals surface area contributed by atoms with Crippen molar-refractivity contribution in [1.29, 1.82) is 0 Å². The Morgan fingerprint density at radius 3 is 2.57 bits per heavy atom. The lowest BCUT2D eigenvalue weighted by atomic mass is 10.2. The fourth-order valence-electron chi connectivity index (χ4n) is 1.49. The van der Waals surface area contributed by atoms with Crippen LogP contribution in [0.25, 0.3) is 0 Å². The number of nitrogens with two attached hydrogens (primary N) is 1. The van der Waals surface area contributed by atoms with E-state index in [0.29, 0.717) is 29.9 Å². The standard InChI is InChI=1S/C12H18N5O3P/c1-8-15-6-9(12(13)17-8)7-16-11(19)3-2-10(18)14-4-5-21-20/h6H,2-5,7H2,1H3,(H,14,18)(H,16,19)(H2,13,15,17). The van der Waals surface area contributed by atoms with Gasteiger partial charge in [-0.15, -0.1) is 0 Å². The average molecular weight is 311 g/mol. The minimum Gasteiger partial charge on any atom is -0.383 e. The maximum Gasteiger partial charge on any atom is 0.220 e. The lowest BCUT2D eigenvalue weighted by Crippen LogP contribution is -2.28. The summed E-state index contributed by atoms with van der Waals surface area (Å²) in [5, 5.41) is 5.21. The SMILES string of the molecule is Cc1ncc(CNC(=O)CCC(=O)NCCP=O)c(N)n1. The molecule has 1 aromatic rings. The van der Waals surface area contributed by atoms with Crippen molar-refractivity contribution in [3.63, 3.8) is 0 Å². The minimum atomic E-state index is -0.257. The second-order valence-electron chi connectivity index (χ2n) is 4.31. The topological polar surface area (TPSA) is 127 Å². The van der Waals surface area contributed by atoms with Crippen LogP contribution in [0.4, 0.5) is 5.82 Å². The molecule has 0 unspecified atom stereocenters. The molecule has 0 radical (unpaired) electrons. The zero-order valence-corrected chi connectivity index (χ0v) is 12.7. The average Bonchev–Trinajstić information content (AvgIpc) is 2.44. The van der Waals surface area contributed by atoms with Gasteiger partial charge in [0.1, 0.15) is 11.6 Å². The summed E-state index contributed by atoms with van der Waals surface area (Å²) in [6.07, 6.45) is 2.09. The van der Waals surface area contributed by atoms with Gasteiger partial charge in [-0.1, -0.05) is 0 Å². The van der Waals surface area contributed by atoms with E-state index in [2.05, 4.69) is 20.6 Å². The number of aromatic nitrogens is 2. The van der Waals surface area contributed by atoms with Crippen molar-refractivity contribution < 1.29 is 14.2 Å². The Bertz CT molecular complexity index is 524. The van der Waals surface area contributed by atoms with Gasteiger partial charge in [-0.05, 0) is 6.92 Å². The maximum atomic E-state index is 11.6. The highest BCUT2D eigenvalue weighted by molar-refractivity contribution is 7.23. The summed E-state index contributed by atoms with van der Waals surface area (Å²) in [6.45, 7) is 2.29. The van der Waals surface area contributed by atoms with Crippen molar-refractivity contribution in [2.24, 2.45) is 0 Å². The summed E-state index contributed by atoms with van der Waals surface area (Å²) >= 11 is 0. The van der Waals surface area contributed by atoms with E-state index in [9.17, 15) is 14.2 Å². The van der Waals surface area contributed by atoms with Gasteiger partial charge in [0.05, 0.1) is 0 Å². The highest BCUT2D eigenvalue weighted by Gasteiger charge is 2.08. The van der Waals surface area contributed by atoms with Crippen LogP contribution in [-0.4, -0.2) is 34.5 Å². The van der Waals surface area contributed by atoms with Crippen LogP contribution in [0, 0.1) is 6.92 Å². The Morgan fingerprint density at radius 2 is 1.95 bits per heavy atom. The number of anilines is 1. The summed E-state index contributed by atoms with van der Waals surface area (Å²) in [4.78, 5) is 31.0. The predicted octanol–water partition coefficient (Wildman–Crippen LogP) is 0.172. The summed E-state index contributed by atoms with van der Waals surface area (Å²) in [7, 11) is -0.0115. The summed E-state index contributed by atoms with van der Waals surface area (Å²) < 4.78 is 10.2. The van der Waals surface area contributed by atoms with Gasteiger partial charge in [-0.25, -0.2) is 9.97 Å². The first-order valence-electron chi connectivity index (χ1n) is 6.43. The van der Waals surface area contributed by atoms with E-state index in [-0.39, 0.29) is 39.7 Å². The largest absolute Gasteiger partial charge is 0.383 e. The number of hydrogen-bond donors (Lipinski definition) is 3. The normalized spacial score (nSPS) is 10.3. The molecule has 9 heteroatoms. The van der Waals surface area contributed by atoms with Crippen molar-refractivity contribution in [2.45, 2.75) is 26.3 Å². The van der Waals surface area contributed by atoms with Crippen molar-refractivity contribution in [1.82, 2.24) is 20.6 Å².